The van der Waals surface area contributed by atoms with E-state index < -0.39 is 0 Å². The van der Waals surface area contributed by atoms with Gasteiger partial charge in [-0.25, -0.2) is 4.39 Å². The summed E-state index contributed by atoms with van der Waals surface area (Å²) >= 11 is 3.10. The molecule has 0 heterocycles. The van der Waals surface area contributed by atoms with Gasteiger partial charge < -0.3 is 5.73 Å². The molecule has 0 fully saturated rings. The molecule has 1 aromatic carbocycles. The van der Waals surface area contributed by atoms with Gasteiger partial charge in [0.1, 0.15) is 5.82 Å². The van der Waals surface area contributed by atoms with Crippen molar-refractivity contribution < 1.29 is 4.39 Å². The van der Waals surface area contributed by atoms with E-state index in [4.69, 9.17) is 5.73 Å². The Hall–Kier alpha value is -0.670. The quantitative estimate of drug-likeness (QED) is 0.830. The molecular formula is C9H9BrFN. The van der Waals surface area contributed by atoms with E-state index in [0.717, 1.165) is 5.56 Å². The van der Waals surface area contributed by atoms with E-state index in [9.17, 15) is 4.39 Å². The van der Waals surface area contributed by atoms with Crippen LogP contribution in [0.3, 0.4) is 0 Å². The second kappa shape index (κ2) is 4.38. The van der Waals surface area contributed by atoms with Gasteiger partial charge in [0.25, 0.3) is 0 Å². The number of hydrogen-bond donors (Lipinski definition) is 1. The van der Waals surface area contributed by atoms with Gasteiger partial charge in [-0.15, -0.1) is 0 Å². The van der Waals surface area contributed by atoms with Crippen LogP contribution in [-0.4, -0.2) is 6.54 Å². The van der Waals surface area contributed by atoms with Crippen molar-refractivity contribution in [3.63, 3.8) is 0 Å². The fraction of sp³-hybridized carbons (Fsp3) is 0.111. The number of halogens is 2. The van der Waals surface area contributed by atoms with Crippen molar-refractivity contribution in [3.05, 3.63) is 40.1 Å². The smallest absolute Gasteiger partial charge is 0.137 e. The number of hydrogen-bond acceptors (Lipinski definition) is 1. The van der Waals surface area contributed by atoms with Crippen LogP contribution in [0.5, 0.6) is 0 Å². The zero-order chi connectivity index (χ0) is 8.97. The fourth-order valence-electron chi connectivity index (χ4n) is 0.820. The first-order chi connectivity index (χ1) is 5.74. The molecular weight excluding hydrogens is 221 g/mol. The van der Waals surface area contributed by atoms with E-state index in [1.165, 1.54) is 6.07 Å². The molecule has 0 aliphatic rings. The van der Waals surface area contributed by atoms with Crippen molar-refractivity contribution >= 4 is 22.0 Å². The van der Waals surface area contributed by atoms with Crippen LogP contribution in [0.2, 0.25) is 0 Å². The second-order valence-electron chi connectivity index (χ2n) is 2.31. The van der Waals surface area contributed by atoms with Gasteiger partial charge in [-0.2, -0.15) is 0 Å². The lowest BCUT2D eigenvalue weighted by Crippen LogP contribution is -1.91. The third-order valence-corrected chi connectivity index (χ3v) is 2.00. The minimum atomic E-state index is -0.250. The largest absolute Gasteiger partial charge is 0.327 e. The summed E-state index contributed by atoms with van der Waals surface area (Å²) in [6.07, 6.45) is 3.67. The molecule has 0 aromatic heterocycles. The molecule has 1 nitrogen and oxygen atoms in total. The zero-order valence-electron chi connectivity index (χ0n) is 6.43. The summed E-state index contributed by atoms with van der Waals surface area (Å²) < 4.78 is 13.2. The Morgan fingerprint density at radius 1 is 1.50 bits per heavy atom. The summed E-state index contributed by atoms with van der Waals surface area (Å²) in [7, 11) is 0. The monoisotopic (exact) mass is 229 g/mol. The molecule has 0 unspecified atom stereocenters. The van der Waals surface area contributed by atoms with E-state index in [2.05, 4.69) is 15.9 Å². The van der Waals surface area contributed by atoms with Gasteiger partial charge in [-0.3, -0.25) is 0 Å². The van der Waals surface area contributed by atoms with Crippen LogP contribution in [-0.2, 0) is 0 Å². The lowest BCUT2D eigenvalue weighted by molar-refractivity contribution is 0.621. The standard InChI is InChI=1S/C9H9BrFN/c10-8-6-7(2-1-5-12)3-4-9(8)11/h1-4,6H,5,12H2. The third-order valence-electron chi connectivity index (χ3n) is 1.39. The average Bonchev–Trinajstić information content (AvgIpc) is 2.07. The van der Waals surface area contributed by atoms with Crippen molar-refractivity contribution in [2.24, 2.45) is 5.73 Å². The summed E-state index contributed by atoms with van der Waals surface area (Å²) in [5.41, 5.74) is 6.21. The topological polar surface area (TPSA) is 26.0 Å². The van der Waals surface area contributed by atoms with Crippen molar-refractivity contribution in [1.29, 1.82) is 0 Å². The van der Waals surface area contributed by atoms with Crippen LogP contribution < -0.4 is 5.73 Å². The van der Waals surface area contributed by atoms with Crippen LogP contribution in [0.25, 0.3) is 6.08 Å². The fourth-order valence-corrected chi connectivity index (χ4v) is 1.22. The van der Waals surface area contributed by atoms with E-state index in [-0.39, 0.29) is 5.82 Å². The number of nitrogens with two attached hydrogens (primary N) is 1. The van der Waals surface area contributed by atoms with E-state index in [1.54, 1.807) is 12.1 Å². The highest BCUT2D eigenvalue weighted by molar-refractivity contribution is 9.10. The normalized spacial score (nSPS) is 10.9. The molecule has 0 radical (unpaired) electrons. The van der Waals surface area contributed by atoms with Gasteiger partial charge in [-0.1, -0.05) is 18.2 Å². The SMILES string of the molecule is NCC=Cc1ccc(F)c(Br)c1. The molecule has 0 saturated carbocycles. The van der Waals surface area contributed by atoms with Gasteiger partial charge in [0, 0.05) is 6.54 Å². The van der Waals surface area contributed by atoms with Crippen LogP contribution in [0.4, 0.5) is 4.39 Å². The number of rotatable bonds is 2. The maximum atomic E-state index is 12.7. The van der Waals surface area contributed by atoms with E-state index >= 15 is 0 Å². The molecule has 2 N–H and O–H groups in total. The maximum Gasteiger partial charge on any atom is 0.137 e. The Morgan fingerprint density at radius 2 is 2.25 bits per heavy atom. The van der Waals surface area contributed by atoms with Crippen molar-refractivity contribution in [1.82, 2.24) is 0 Å². The molecule has 0 spiro atoms. The van der Waals surface area contributed by atoms with Gasteiger partial charge in [0.15, 0.2) is 0 Å². The molecule has 12 heavy (non-hydrogen) atoms. The first-order valence-electron chi connectivity index (χ1n) is 3.55. The van der Waals surface area contributed by atoms with E-state index in [1.807, 2.05) is 12.2 Å². The van der Waals surface area contributed by atoms with Crippen LogP contribution in [0, 0.1) is 5.82 Å². The van der Waals surface area contributed by atoms with Crippen LogP contribution in [0.1, 0.15) is 5.56 Å². The lowest BCUT2D eigenvalue weighted by Gasteiger charge is -1.95. The van der Waals surface area contributed by atoms with E-state index in [0.29, 0.717) is 11.0 Å². The molecule has 0 aliphatic heterocycles. The summed E-state index contributed by atoms with van der Waals surface area (Å²) in [4.78, 5) is 0. The van der Waals surface area contributed by atoms with Crippen molar-refractivity contribution in [2.75, 3.05) is 6.54 Å². The second-order valence-corrected chi connectivity index (χ2v) is 3.17. The molecule has 0 saturated heterocycles. The molecule has 0 aliphatic carbocycles. The van der Waals surface area contributed by atoms with Crippen LogP contribution >= 0.6 is 15.9 Å². The summed E-state index contributed by atoms with van der Waals surface area (Å²) in [5.74, 6) is -0.250. The third kappa shape index (κ3) is 2.43. The lowest BCUT2D eigenvalue weighted by atomic mass is 10.2. The minimum Gasteiger partial charge on any atom is -0.327 e. The predicted octanol–water partition coefficient (Wildman–Crippen LogP) is 2.56. The van der Waals surface area contributed by atoms with Gasteiger partial charge >= 0.3 is 0 Å². The molecule has 1 rings (SSSR count). The van der Waals surface area contributed by atoms with Crippen molar-refractivity contribution in [2.45, 2.75) is 0 Å². The number of benzene rings is 1. The Bertz CT molecular complexity index is 297. The van der Waals surface area contributed by atoms with Gasteiger partial charge in [0.05, 0.1) is 4.47 Å². The van der Waals surface area contributed by atoms with Crippen LogP contribution in [0.15, 0.2) is 28.7 Å². The Kier molecular flexibility index (Phi) is 3.44. The van der Waals surface area contributed by atoms with Gasteiger partial charge in [0.2, 0.25) is 0 Å². The summed E-state index contributed by atoms with van der Waals surface area (Å²) in [6.45, 7) is 0.495. The first kappa shape index (κ1) is 9.42. The zero-order valence-corrected chi connectivity index (χ0v) is 8.01. The predicted molar refractivity (Wildman–Crippen MR) is 52.2 cm³/mol. The molecule has 64 valence electrons. The molecule has 0 bridgehead atoms. The molecule has 1 aromatic rings. The average molecular weight is 230 g/mol. The highest BCUT2D eigenvalue weighted by Crippen LogP contribution is 2.17. The summed E-state index contributed by atoms with van der Waals surface area (Å²) in [5, 5.41) is 0. The molecule has 0 amide bonds. The Balaban J connectivity index is 2.89. The maximum absolute atomic E-state index is 12.7. The minimum absolute atomic E-state index is 0.250. The Morgan fingerprint density at radius 3 is 2.83 bits per heavy atom. The first-order valence-corrected chi connectivity index (χ1v) is 4.35. The van der Waals surface area contributed by atoms with Gasteiger partial charge in [-0.05, 0) is 33.6 Å². The molecule has 0 atom stereocenters. The molecule has 3 heteroatoms. The Labute approximate surface area is 79.2 Å². The van der Waals surface area contributed by atoms with Crippen molar-refractivity contribution in [3.8, 4) is 0 Å². The highest BCUT2D eigenvalue weighted by Gasteiger charge is 1.96. The summed E-state index contributed by atoms with van der Waals surface area (Å²) in [6, 6.07) is 4.83. The highest BCUT2D eigenvalue weighted by atomic mass is 79.9.